The van der Waals surface area contributed by atoms with Crippen molar-refractivity contribution < 1.29 is 9.53 Å². The van der Waals surface area contributed by atoms with Crippen LogP contribution in [0.25, 0.3) is 0 Å². The van der Waals surface area contributed by atoms with E-state index in [1.54, 1.807) is 0 Å². The fraction of sp³-hybridized carbons (Fsp3) is 0.562. The Morgan fingerprint density at radius 3 is 2.40 bits per heavy atom. The summed E-state index contributed by atoms with van der Waals surface area (Å²) in [6.45, 7) is 8.54. The van der Waals surface area contributed by atoms with Crippen LogP contribution in [0, 0.1) is 5.92 Å². The molecular formula is C16H24N2O2. The maximum absolute atomic E-state index is 11.2. The third-order valence-corrected chi connectivity index (χ3v) is 4.21. The van der Waals surface area contributed by atoms with Gasteiger partial charge in [0.1, 0.15) is 0 Å². The van der Waals surface area contributed by atoms with Gasteiger partial charge in [-0.15, -0.1) is 0 Å². The summed E-state index contributed by atoms with van der Waals surface area (Å²) in [4.78, 5) is 13.6. The zero-order chi connectivity index (χ0) is 14.5. The van der Waals surface area contributed by atoms with E-state index in [0.717, 1.165) is 32.8 Å². The predicted molar refractivity (Wildman–Crippen MR) is 79.3 cm³/mol. The van der Waals surface area contributed by atoms with Crippen LogP contribution >= 0.6 is 0 Å². The second-order valence-corrected chi connectivity index (χ2v) is 5.61. The second-order valence-electron chi connectivity index (χ2n) is 5.61. The number of rotatable bonds is 5. The number of ether oxygens (including phenoxy) is 1. The van der Waals surface area contributed by atoms with Crippen molar-refractivity contribution in [3.8, 4) is 0 Å². The van der Waals surface area contributed by atoms with Gasteiger partial charge in [-0.3, -0.25) is 9.69 Å². The van der Waals surface area contributed by atoms with Crippen LogP contribution < -0.4 is 5.73 Å². The zero-order valence-electron chi connectivity index (χ0n) is 12.3. The minimum absolute atomic E-state index is 0.139. The third kappa shape index (κ3) is 3.81. The summed E-state index contributed by atoms with van der Waals surface area (Å²) in [7, 11) is 0. The van der Waals surface area contributed by atoms with Crippen molar-refractivity contribution >= 4 is 5.91 Å². The predicted octanol–water partition coefficient (Wildman–Crippen LogP) is 1.74. The van der Waals surface area contributed by atoms with Gasteiger partial charge in [-0.1, -0.05) is 38.1 Å². The summed E-state index contributed by atoms with van der Waals surface area (Å²) in [6.07, 6.45) is 0. The molecule has 1 aliphatic heterocycles. The van der Waals surface area contributed by atoms with Gasteiger partial charge in [0, 0.05) is 25.6 Å². The molecule has 0 bridgehead atoms. The number of carbonyl (C=O) groups excluding carboxylic acids is 1. The SMILES string of the molecule is CC(C(N)=O)[C@H](C)c1ccc(CN2CCOCC2)cc1. The first kappa shape index (κ1) is 15.0. The molecule has 0 aromatic heterocycles. The molecule has 1 saturated heterocycles. The van der Waals surface area contributed by atoms with E-state index in [9.17, 15) is 4.79 Å². The van der Waals surface area contributed by atoms with E-state index in [-0.39, 0.29) is 17.7 Å². The quantitative estimate of drug-likeness (QED) is 0.891. The molecule has 2 N–H and O–H groups in total. The van der Waals surface area contributed by atoms with Crippen LogP contribution in [0.4, 0.5) is 0 Å². The van der Waals surface area contributed by atoms with Crippen molar-refractivity contribution in [3.63, 3.8) is 0 Å². The summed E-state index contributed by atoms with van der Waals surface area (Å²) in [5.74, 6) is -0.222. The molecule has 1 fully saturated rings. The van der Waals surface area contributed by atoms with Gasteiger partial charge in [0.05, 0.1) is 13.2 Å². The lowest BCUT2D eigenvalue weighted by atomic mass is 9.88. The molecule has 2 atom stereocenters. The topological polar surface area (TPSA) is 55.6 Å². The van der Waals surface area contributed by atoms with Crippen molar-refractivity contribution in [2.75, 3.05) is 26.3 Å². The van der Waals surface area contributed by atoms with Crippen LogP contribution in [-0.2, 0) is 16.1 Å². The minimum atomic E-state index is -0.241. The molecular weight excluding hydrogens is 252 g/mol. The molecule has 1 amide bonds. The number of nitrogens with zero attached hydrogens (tertiary/aromatic N) is 1. The lowest BCUT2D eigenvalue weighted by molar-refractivity contribution is -0.121. The number of morpholine rings is 1. The largest absolute Gasteiger partial charge is 0.379 e. The van der Waals surface area contributed by atoms with Crippen molar-refractivity contribution in [2.24, 2.45) is 11.7 Å². The van der Waals surface area contributed by atoms with Gasteiger partial charge < -0.3 is 10.5 Å². The number of benzene rings is 1. The fourth-order valence-electron chi connectivity index (χ4n) is 2.48. The minimum Gasteiger partial charge on any atom is -0.379 e. The summed E-state index contributed by atoms with van der Waals surface area (Å²) in [6, 6.07) is 8.52. The molecule has 1 aromatic carbocycles. The molecule has 0 spiro atoms. The van der Waals surface area contributed by atoms with Gasteiger partial charge in [-0.25, -0.2) is 0 Å². The summed E-state index contributed by atoms with van der Waals surface area (Å²) in [5, 5.41) is 0. The summed E-state index contributed by atoms with van der Waals surface area (Å²) >= 11 is 0. The first-order valence-corrected chi connectivity index (χ1v) is 7.26. The van der Waals surface area contributed by atoms with Gasteiger partial charge in [0.15, 0.2) is 0 Å². The maximum Gasteiger partial charge on any atom is 0.220 e. The molecule has 20 heavy (non-hydrogen) atoms. The van der Waals surface area contributed by atoms with Gasteiger partial charge in [-0.05, 0) is 17.0 Å². The molecule has 2 rings (SSSR count). The standard InChI is InChI=1S/C16H24N2O2/c1-12(13(2)16(17)19)15-5-3-14(4-6-15)11-18-7-9-20-10-8-18/h3-6,12-13H,7-11H2,1-2H3,(H2,17,19)/t12-,13?/m0/s1. The highest BCUT2D eigenvalue weighted by molar-refractivity contribution is 5.77. The Bertz CT molecular complexity index is 438. The normalized spacial score (nSPS) is 19.5. The molecule has 0 aliphatic carbocycles. The van der Waals surface area contributed by atoms with E-state index in [1.165, 1.54) is 11.1 Å². The number of hydrogen-bond donors (Lipinski definition) is 1. The van der Waals surface area contributed by atoms with E-state index < -0.39 is 0 Å². The molecule has 0 saturated carbocycles. The Balaban J connectivity index is 1.96. The fourth-order valence-corrected chi connectivity index (χ4v) is 2.48. The summed E-state index contributed by atoms with van der Waals surface area (Å²) in [5.41, 5.74) is 7.84. The molecule has 4 heteroatoms. The average molecular weight is 276 g/mol. The van der Waals surface area contributed by atoms with E-state index in [0.29, 0.717) is 0 Å². The highest BCUT2D eigenvalue weighted by atomic mass is 16.5. The molecule has 4 nitrogen and oxygen atoms in total. The average Bonchev–Trinajstić information content (AvgIpc) is 2.47. The number of carbonyl (C=O) groups is 1. The Kier molecular flexibility index (Phi) is 5.15. The van der Waals surface area contributed by atoms with Gasteiger partial charge in [0.25, 0.3) is 0 Å². The Morgan fingerprint density at radius 2 is 1.85 bits per heavy atom. The highest BCUT2D eigenvalue weighted by Gasteiger charge is 2.19. The van der Waals surface area contributed by atoms with Crippen LogP contribution in [0.2, 0.25) is 0 Å². The van der Waals surface area contributed by atoms with E-state index in [2.05, 4.69) is 29.2 Å². The lowest BCUT2D eigenvalue weighted by Crippen LogP contribution is -2.35. The van der Waals surface area contributed by atoms with Crippen molar-refractivity contribution in [1.82, 2.24) is 4.90 Å². The van der Waals surface area contributed by atoms with E-state index in [4.69, 9.17) is 10.5 Å². The van der Waals surface area contributed by atoms with Crippen LogP contribution in [0.15, 0.2) is 24.3 Å². The highest BCUT2D eigenvalue weighted by Crippen LogP contribution is 2.24. The third-order valence-electron chi connectivity index (χ3n) is 4.21. The number of nitrogens with two attached hydrogens (primary N) is 1. The van der Waals surface area contributed by atoms with Crippen LogP contribution in [0.1, 0.15) is 30.9 Å². The van der Waals surface area contributed by atoms with Gasteiger partial charge in [0.2, 0.25) is 5.91 Å². The second kappa shape index (κ2) is 6.86. The molecule has 1 aliphatic rings. The number of hydrogen-bond acceptors (Lipinski definition) is 3. The van der Waals surface area contributed by atoms with Gasteiger partial charge in [-0.2, -0.15) is 0 Å². The van der Waals surface area contributed by atoms with E-state index in [1.807, 2.05) is 13.8 Å². The van der Waals surface area contributed by atoms with Crippen LogP contribution in [0.5, 0.6) is 0 Å². The Morgan fingerprint density at radius 1 is 1.25 bits per heavy atom. The van der Waals surface area contributed by atoms with Crippen molar-refractivity contribution in [2.45, 2.75) is 26.3 Å². The van der Waals surface area contributed by atoms with E-state index >= 15 is 0 Å². The smallest absolute Gasteiger partial charge is 0.220 e. The summed E-state index contributed by atoms with van der Waals surface area (Å²) < 4.78 is 5.35. The Hall–Kier alpha value is -1.39. The van der Waals surface area contributed by atoms with Gasteiger partial charge >= 0.3 is 0 Å². The zero-order valence-corrected chi connectivity index (χ0v) is 12.3. The molecule has 110 valence electrons. The van der Waals surface area contributed by atoms with Crippen LogP contribution in [0.3, 0.4) is 0 Å². The van der Waals surface area contributed by atoms with Crippen LogP contribution in [-0.4, -0.2) is 37.1 Å². The van der Waals surface area contributed by atoms with Crippen molar-refractivity contribution in [3.05, 3.63) is 35.4 Å². The molecule has 1 aromatic rings. The maximum atomic E-state index is 11.2. The number of amides is 1. The molecule has 0 radical (unpaired) electrons. The monoisotopic (exact) mass is 276 g/mol. The lowest BCUT2D eigenvalue weighted by Gasteiger charge is -2.26. The molecule has 1 unspecified atom stereocenters. The van der Waals surface area contributed by atoms with Crippen molar-refractivity contribution in [1.29, 1.82) is 0 Å². The first-order chi connectivity index (χ1) is 9.58. The Labute approximate surface area is 120 Å². The molecule has 1 heterocycles. The number of primary amides is 1. The first-order valence-electron chi connectivity index (χ1n) is 7.26.